The van der Waals surface area contributed by atoms with Gasteiger partial charge in [-0.05, 0) is 6.54 Å². The highest BCUT2D eigenvalue weighted by Gasteiger charge is 2.31. The standard InChI is InChI=1S/C13H18N4O4S/c1-3-16-4-6-17(7-5-16)22(18,19)12-8-11(9-20-12)13-15-14-10(2)21-13/h8-9H,3-7H2,1-2H3. The van der Waals surface area contributed by atoms with Crippen LogP contribution in [0.5, 0.6) is 0 Å². The third kappa shape index (κ3) is 2.79. The van der Waals surface area contributed by atoms with Crippen LogP contribution in [0.3, 0.4) is 0 Å². The zero-order valence-corrected chi connectivity index (χ0v) is 13.3. The summed E-state index contributed by atoms with van der Waals surface area (Å²) in [7, 11) is -3.62. The Morgan fingerprint density at radius 1 is 1.23 bits per heavy atom. The van der Waals surface area contributed by atoms with Gasteiger partial charge in [0.25, 0.3) is 15.9 Å². The van der Waals surface area contributed by atoms with E-state index < -0.39 is 10.0 Å². The molecule has 0 spiro atoms. The maximum atomic E-state index is 12.6. The van der Waals surface area contributed by atoms with Crippen molar-refractivity contribution in [3.8, 4) is 11.5 Å². The van der Waals surface area contributed by atoms with Crippen molar-refractivity contribution in [2.24, 2.45) is 0 Å². The molecule has 0 aliphatic carbocycles. The number of rotatable bonds is 4. The molecule has 1 saturated heterocycles. The Hall–Kier alpha value is -1.71. The fourth-order valence-electron chi connectivity index (χ4n) is 2.39. The quantitative estimate of drug-likeness (QED) is 0.826. The average molecular weight is 326 g/mol. The number of piperazine rings is 1. The van der Waals surface area contributed by atoms with Crippen molar-refractivity contribution in [1.82, 2.24) is 19.4 Å². The van der Waals surface area contributed by atoms with Gasteiger partial charge in [-0.15, -0.1) is 10.2 Å². The smallest absolute Gasteiger partial charge is 0.276 e. The second-order valence-electron chi connectivity index (χ2n) is 5.12. The van der Waals surface area contributed by atoms with Gasteiger partial charge in [0.15, 0.2) is 0 Å². The number of aryl methyl sites for hydroxylation is 1. The predicted molar refractivity (Wildman–Crippen MR) is 77.6 cm³/mol. The fourth-order valence-corrected chi connectivity index (χ4v) is 3.73. The second kappa shape index (κ2) is 5.82. The average Bonchev–Trinajstić information content (AvgIpc) is 3.16. The molecule has 2 aromatic heterocycles. The minimum atomic E-state index is -3.62. The Morgan fingerprint density at radius 3 is 2.55 bits per heavy atom. The topological polar surface area (TPSA) is 92.7 Å². The number of nitrogens with zero attached hydrogens (tertiary/aromatic N) is 4. The molecule has 0 bridgehead atoms. The molecule has 9 heteroatoms. The van der Waals surface area contributed by atoms with Crippen LogP contribution in [0.4, 0.5) is 0 Å². The number of sulfonamides is 1. The van der Waals surface area contributed by atoms with E-state index in [1.807, 2.05) is 0 Å². The van der Waals surface area contributed by atoms with Crippen LogP contribution in [0.15, 0.2) is 26.3 Å². The van der Waals surface area contributed by atoms with Gasteiger partial charge in [0.2, 0.25) is 11.0 Å². The summed E-state index contributed by atoms with van der Waals surface area (Å²) in [5, 5.41) is 7.48. The molecular weight excluding hydrogens is 308 g/mol. The minimum Gasteiger partial charge on any atom is -0.451 e. The summed E-state index contributed by atoms with van der Waals surface area (Å²) in [4.78, 5) is 2.21. The van der Waals surface area contributed by atoms with E-state index in [1.54, 1.807) is 6.92 Å². The van der Waals surface area contributed by atoms with Gasteiger partial charge < -0.3 is 13.7 Å². The molecule has 3 rings (SSSR count). The van der Waals surface area contributed by atoms with E-state index in [-0.39, 0.29) is 11.0 Å². The Kier molecular flexibility index (Phi) is 4.02. The van der Waals surface area contributed by atoms with E-state index in [0.717, 1.165) is 19.6 Å². The molecular formula is C13H18N4O4S. The first kappa shape index (κ1) is 15.2. The van der Waals surface area contributed by atoms with Crippen molar-refractivity contribution in [1.29, 1.82) is 0 Å². The van der Waals surface area contributed by atoms with Crippen molar-refractivity contribution in [2.75, 3.05) is 32.7 Å². The van der Waals surface area contributed by atoms with Crippen LogP contribution in [-0.2, 0) is 10.0 Å². The van der Waals surface area contributed by atoms with Crippen LogP contribution >= 0.6 is 0 Å². The van der Waals surface area contributed by atoms with Crippen LogP contribution in [0, 0.1) is 6.92 Å². The van der Waals surface area contributed by atoms with Gasteiger partial charge in [-0.3, -0.25) is 0 Å². The zero-order valence-electron chi connectivity index (χ0n) is 12.5. The lowest BCUT2D eigenvalue weighted by Gasteiger charge is -2.32. The highest BCUT2D eigenvalue weighted by molar-refractivity contribution is 7.89. The Labute approximate surface area is 128 Å². The summed E-state index contributed by atoms with van der Waals surface area (Å²) < 4.78 is 37.1. The first-order valence-corrected chi connectivity index (χ1v) is 8.56. The molecule has 0 unspecified atom stereocenters. The van der Waals surface area contributed by atoms with Gasteiger partial charge in [-0.25, -0.2) is 8.42 Å². The number of likely N-dealkylation sites (N-methyl/N-ethyl adjacent to an activating group) is 1. The van der Waals surface area contributed by atoms with Crippen molar-refractivity contribution in [3.63, 3.8) is 0 Å². The molecule has 22 heavy (non-hydrogen) atoms. The molecule has 0 saturated carbocycles. The van der Waals surface area contributed by atoms with Gasteiger partial charge in [-0.1, -0.05) is 6.92 Å². The van der Waals surface area contributed by atoms with Crippen molar-refractivity contribution in [2.45, 2.75) is 18.9 Å². The summed E-state index contributed by atoms with van der Waals surface area (Å²) in [5.41, 5.74) is 0.464. The summed E-state index contributed by atoms with van der Waals surface area (Å²) in [6, 6.07) is 1.43. The first-order valence-electron chi connectivity index (χ1n) is 7.12. The third-order valence-electron chi connectivity index (χ3n) is 3.72. The van der Waals surface area contributed by atoms with E-state index in [4.69, 9.17) is 8.83 Å². The highest BCUT2D eigenvalue weighted by Crippen LogP contribution is 2.26. The van der Waals surface area contributed by atoms with E-state index >= 15 is 0 Å². The Balaban J connectivity index is 1.80. The van der Waals surface area contributed by atoms with Crippen molar-refractivity contribution < 1.29 is 17.3 Å². The van der Waals surface area contributed by atoms with Crippen molar-refractivity contribution in [3.05, 3.63) is 18.2 Å². The molecule has 0 radical (unpaired) electrons. The van der Waals surface area contributed by atoms with Crippen LogP contribution in [0.2, 0.25) is 0 Å². The lowest BCUT2D eigenvalue weighted by molar-refractivity contribution is 0.194. The molecule has 0 aromatic carbocycles. The molecule has 3 heterocycles. The lowest BCUT2D eigenvalue weighted by atomic mass is 10.3. The van der Waals surface area contributed by atoms with Crippen LogP contribution in [0.25, 0.3) is 11.5 Å². The number of furan rings is 1. The minimum absolute atomic E-state index is 0.0942. The molecule has 0 amide bonds. The lowest BCUT2D eigenvalue weighted by Crippen LogP contribution is -2.48. The Bertz CT molecular complexity index is 744. The summed E-state index contributed by atoms with van der Waals surface area (Å²) in [6.45, 7) is 7.04. The van der Waals surface area contributed by atoms with Crippen LogP contribution < -0.4 is 0 Å². The summed E-state index contributed by atoms with van der Waals surface area (Å²) >= 11 is 0. The van der Waals surface area contributed by atoms with Gasteiger partial charge in [0, 0.05) is 39.2 Å². The maximum Gasteiger partial charge on any atom is 0.276 e. The van der Waals surface area contributed by atoms with Gasteiger partial charge in [0.05, 0.1) is 5.56 Å². The van der Waals surface area contributed by atoms with E-state index in [1.165, 1.54) is 16.6 Å². The van der Waals surface area contributed by atoms with E-state index in [9.17, 15) is 8.42 Å². The SMILES string of the molecule is CCN1CCN(S(=O)(=O)c2cc(-c3nnc(C)o3)co2)CC1. The summed E-state index contributed by atoms with van der Waals surface area (Å²) in [5.74, 6) is 0.662. The third-order valence-corrected chi connectivity index (χ3v) is 5.49. The monoisotopic (exact) mass is 326 g/mol. The van der Waals surface area contributed by atoms with Crippen LogP contribution in [-0.4, -0.2) is 60.5 Å². The molecule has 2 aromatic rings. The van der Waals surface area contributed by atoms with E-state index in [0.29, 0.717) is 24.5 Å². The number of hydrogen-bond acceptors (Lipinski definition) is 7. The Morgan fingerprint density at radius 2 is 1.95 bits per heavy atom. The molecule has 1 fully saturated rings. The molecule has 1 aliphatic rings. The first-order chi connectivity index (χ1) is 10.5. The molecule has 1 aliphatic heterocycles. The zero-order chi connectivity index (χ0) is 15.7. The number of hydrogen-bond donors (Lipinski definition) is 0. The van der Waals surface area contributed by atoms with Crippen molar-refractivity contribution >= 4 is 10.0 Å². The largest absolute Gasteiger partial charge is 0.451 e. The fraction of sp³-hybridized carbons (Fsp3) is 0.538. The normalized spacial score (nSPS) is 17.9. The molecule has 120 valence electrons. The van der Waals surface area contributed by atoms with Crippen LogP contribution in [0.1, 0.15) is 12.8 Å². The van der Waals surface area contributed by atoms with Gasteiger partial charge >= 0.3 is 0 Å². The molecule has 8 nitrogen and oxygen atoms in total. The number of aromatic nitrogens is 2. The summed E-state index contributed by atoms with van der Waals surface area (Å²) in [6.07, 6.45) is 1.32. The van der Waals surface area contributed by atoms with Gasteiger partial charge in [-0.2, -0.15) is 4.31 Å². The predicted octanol–water partition coefficient (Wildman–Crippen LogP) is 0.964. The molecule has 0 N–H and O–H groups in total. The van der Waals surface area contributed by atoms with Gasteiger partial charge in [0.1, 0.15) is 6.26 Å². The highest BCUT2D eigenvalue weighted by atomic mass is 32.2. The van der Waals surface area contributed by atoms with E-state index in [2.05, 4.69) is 22.0 Å². The maximum absolute atomic E-state index is 12.6. The molecule has 0 atom stereocenters. The second-order valence-corrected chi connectivity index (χ2v) is 6.99.